The zero-order chi connectivity index (χ0) is 14.4. The van der Waals surface area contributed by atoms with Crippen molar-refractivity contribution >= 4 is 16.0 Å². The summed E-state index contributed by atoms with van der Waals surface area (Å²) in [5.41, 5.74) is -0.500. The maximum atomic E-state index is 12.3. The molecule has 0 atom stereocenters. The van der Waals surface area contributed by atoms with E-state index in [0.717, 1.165) is 5.56 Å². The van der Waals surface area contributed by atoms with Gasteiger partial charge < -0.3 is 9.84 Å². The highest BCUT2D eigenvalue weighted by molar-refractivity contribution is 7.89. The van der Waals surface area contributed by atoms with Crippen LogP contribution in [0, 0.1) is 0 Å². The van der Waals surface area contributed by atoms with Gasteiger partial charge in [0.15, 0.2) is 0 Å². The lowest BCUT2D eigenvalue weighted by atomic mass is 9.78. The first-order valence-corrected chi connectivity index (χ1v) is 7.94. The van der Waals surface area contributed by atoms with E-state index in [1.807, 2.05) is 0 Å². The van der Waals surface area contributed by atoms with Crippen molar-refractivity contribution in [1.29, 1.82) is 0 Å². The Morgan fingerprint density at radius 3 is 2.70 bits per heavy atom. The zero-order valence-electron chi connectivity index (χ0n) is 10.8. The monoisotopic (exact) mass is 297 g/mol. The van der Waals surface area contributed by atoms with Gasteiger partial charge in [-0.15, -0.1) is 0 Å². The van der Waals surface area contributed by atoms with Gasteiger partial charge in [0.25, 0.3) is 0 Å². The summed E-state index contributed by atoms with van der Waals surface area (Å²) in [6.45, 7) is 0.547. The van der Waals surface area contributed by atoms with Crippen LogP contribution in [0.4, 0.5) is 0 Å². The molecule has 7 heteroatoms. The Morgan fingerprint density at radius 2 is 2.10 bits per heavy atom. The Morgan fingerprint density at radius 1 is 1.35 bits per heavy atom. The molecule has 20 heavy (non-hydrogen) atoms. The number of nitrogens with one attached hydrogen (secondary N) is 1. The largest absolute Gasteiger partial charge is 0.493 e. The predicted octanol–water partition coefficient (Wildman–Crippen LogP) is 0.907. The number of ether oxygens (including phenoxy) is 1. The zero-order valence-corrected chi connectivity index (χ0v) is 11.6. The summed E-state index contributed by atoms with van der Waals surface area (Å²) in [5, 5.41) is 9.20. The van der Waals surface area contributed by atoms with Crippen molar-refractivity contribution in [2.45, 2.75) is 36.1 Å². The maximum absolute atomic E-state index is 12.3. The molecule has 6 nitrogen and oxygen atoms in total. The van der Waals surface area contributed by atoms with Gasteiger partial charge in [-0.25, -0.2) is 8.42 Å². The van der Waals surface area contributed by atoms with Gasteiger partial charge in [-0.2, -0.15) is 4.72 Å². The van der Waals surface area contributed by atoms with E-state index < -0.39 is 21.5 Å². The van der Waals surface area contributed by atoms with Gasteiger partial charge in [-0.1, -0.05) is 0 Å². The maximum Gasteiger partial charge on any atom is 0.324 e. The lowest BCUT2D eigenvalue weighted by molar-refractivity contribution is -0.147. The second-order valence-corrected chi connectivity index (χ2v) is 6.90. The standard InChI is InChI=1S/C13H15NO5S/c15-12(16)13(5-1-6-13)14-20(17,18)10-2-3-11-9(8-10)4-7-19-11/h2-3,8,14H,1,4-7H2,(H,15,16). The molecule has 0 aromatic heterocycles. The average Bonchev–Trinajstić information content (AvgIpc) is 2.80. The summed E-state index contributed by atoms with van der Waals surface area (Å²) >= 11 is 0. The number of fused-ring (bicyclic) bond motifs is 1. The van der Waals surface area contributed by atoms with Gasteiger partial charge in [0, 0.05) is 6.42 Å². The van der Waals surface area contributed by atoms with Crippen molar-refractivity contribution in [3.8, 4) is 5.75 Å². The van der Waals surface area contributed by atoms with Crippen LogP contribution in [-0.2, 0) is 21.2 Å². The molecule has 1 saturated carbocycles. The van der Waals surface area contributed by atoms with Gasteiger partial charge in [-0.05, 0) is 43.0 Å². The van der Waals surface area contributed by atoms with Gasteiger partial charge in [-0.3, -0.25) is 4.79 Å². The first kappa shape index (κ1) is 13.4. The van der Waals surface area contributed by atoms with E-state index in [1.165, 1.54) is 6.07 Å². The Hall–Kier alpha value is -1.60. The highest BCUT2D eigenvalue weighted by atomic mass is 32.2. The summed E-state index contributed by atoms with van der Waals surface area (Å²) in [7, 11) is -3.83. The molecular weight excluding hydrogens is 282 g/mol. The van der Waals surface area contributed by atoms with Crippen LogP contribution in [0.15, 0.2) is 23.1 Å². The third-order valence-electron chi connectivity index (χ3n) is 3.92. The molecule has 3 rings (SSSR count). The molecule has 1 fully saturated rings. The molecule has 0 unspecified atom stereocenters. The quantitative estimate of drug-likeness (QED) is 0.861. The topological polar surface area (TPSA) is 92.7 Å². The summed E-state index contributed by atoms with van der Waals surface area (Å²) in [5.74, 6) is -0.419. The highest BCUT2D eigenvalue weighted by Gasteiger charge is 2.47. The van der Waals surface area contributed by atoms with Crippen molar-refractivity contribution in [2.75, 3.05) is 6.61 Å². The van der Waals surface area contributed by atoms with E-state index >= 15 is 0 Å². The minimum atomic E-state index is -3.83. The number of benzene rings is 1. The molecule has 0 amide bonds. The minimum Gasteiger partial charge on any atom is -0.493 e. The second-order valence-electron chi connectivity index (χ2n) is 5.21. The van der Waals surface area contributed by atoms with Crippen LogP contribution in [0.1, 0.15) is 24.8 Å². The highest BCUT2D eigenvalue weighted by Crippen LogP contribution is 2.34. The fraction of sp³-hybridized carbons (Fsp3) is 0.462. The molecule has 1 aromatic rings. The summed E-state index contributed by atoms with van der Waals surface area (Å²) in [6.07, 6.45) is 2.04. The summed E-state index contributed by atoms with van der Waals surface area (Å²) < 4.78 is 32.3. The average molecular weight is 297 g/mol. The lowest BCUT2D eigenvalue weighted by Gasteiger charge is -2.37. The van der Waals surface area contributed by atoms with Gasteiger partial charge in [0.1, 0.15) is 11.3 Å². The first-order chi connectivity index (χ1) is 9.43. The van der Waals surface area contributed by atoms with E-state index in [0.29, 0.717) is 38.0 Å². The number of hydrogen-bond acceptors (Lipinski definition) is 4. The number of sulfonamides is 1. The van der Waals surface area contributed by atoms with Crippen LogP contribution in [0.5, 0.6) is 5.75 Å². The lowest BCUT2D eigenvalue weighted by Crippen LogP contribution is -2.58. The van der Waals surface area contributed by atoms with E-state index in [1.54, 1.807) is 12.1 Å². The third kappa shape index (κ3) is 2.06. The molecule has 2 aliphatic rings. The van der Waals surface area contributed by atoms with E-state index in [2.05, 4.69) is 4.72 Å². The van der Waals surface area contributed by atoms with Crippen molar-refractivity contribution in [3.63, 3.8) is 0 Å². The number of carbonyl (C=O) groups is 1. The van der Waals surface area contributed by atoms with Crippen LogP contribution in [0.2, 0.25) is 0 Å². The van der Waals surface area contributed by atoms with Crippen molar-refractivity contribution in [2.24, 2.45) is 0 Å². The fourth-order valence-corrected chi connectivity index (χ4v) is 4.00. The molecule has 0 bridgehead atoms. The molecule has 108 valence electrons. The molecule has 1 aliphatic carbocycles. The molecule has 1 heterocycles. The molecule has 0 radical (unpaired) electrons. The van der Waals surface area contributed by atoms with Crippen LogP contribution >= 0.6 is 0 Å². The van der Waals surface area contributed by atoms with Gasteiger partial charge in [0.2, 0.25) is 10.0 Å². The number of carboxylic acid groups (broad SMARTS) is 1. The van der Waals surface area contributed by atoms with Crippen molar-refractivity contribution < 1.29 is 23.1 Å². The van der Waals surface area contributed by atoms with Crippen LogP contribution in [0.3, 0.4) is 0 Å². The predicted molar refractivity (Wildman–Crippen MR) is 70.2 cm³/mol. The summed E-state index contributed by atoms with van der Waals surface area (Å²) in [6, 6.07) is 4.62. The van der Waals surface area contributed by atoms with Crippen LogP contribution < -0.4 is 9.46 Å². The second kappa shape index (κ2) is 4.46. The Labute approximate surface area is 116 Å². The first-order valence-electron chi connectivity index (χ1n) is 6.46. The minimum absolute atomic E-state index is 0.0919. The molecular formula is C13H15NO5S. The van der Waals surface area contributed by atoms with Crippen molar-refractivity contribution in [3.05, 3.63) is 23.8 Å². The van der Waals surface area contributed by atoms with E-state index in [4.69, 9.17) is 4.74 Å². The Bertz CT molecular complexity index is 663. The molecule has 2 N–H and O–H groups in total. The van der Waals surface area contributed by atoms with Gasteiger partial charge >= 0.3 is 5.97 Å². The summed E-state index contributed by atoms with van der Waals surface area (Å²) in [4.78, 5) is 11.3. The van der Waals surface area contributed by atoms with Crippen molar-refractivity contribution in [1.82, 2.24) is 4.72 Å². The molecule has 1 aliphatic heterocycles. The van der Waals surface area contributed by atoms with Gasteiger partial charge in [0.05, 0.1) is 11.5 Å². The molecule has 1 aromatic carbocycles. The smallest absolute Gasteiger partial charge is 0.324 e. The van der Waals surface area contributed by atoms with E-state index in [9.17, 15) is 18.3 Å². The normalized spacial score (nSPS) is 19.8. The Kier molecular flexibility index (Phi) is 2.98. The Balaban J connectivity index is 1.90. The number of carboxylic acids is 1. The fourth-order valence-electron chi connectivity index (χ4n) is 2.54. The number of rotatable bonds is 4. The van der Waals surface area contributed by atoms with Crippen LogP contribution in [-0.4, -0.2) is 31.6 Å². The molecule has 0 saturated heterocycles. The SMILES string of the molecule is O=C(O)C1(NS(=O)(=O)c2ccc3c(c2)CCO3)CCC1. The van der Waals surface area contributed by atoms with E-state index in [-0.39, 0.29) is 4.90 Å². The van der Waals surface area contributed by atoms with Crippen LogP contribution in [0.25, 0.3) is 0 Å². The number of aliphatic carboxylic acids is 1. The number of hydrogen-bond donors (Lipinski definition) is 2. The third-order valence-corrected chi connectivity index (χ3v) is 5.45. The molecule has 0 spiro atoms.